The van der Waals surface area contributed by atoms with E-state index in [-0.39, 0.29) is 28.5 Å². The van der Waals surface area contributed by atoms with Crippen LogP contribution in [-0.2, 0) is 16.1 Å². The zero-order valence-electron chi connectivity index (χ0n) is 16.2. The maximum Gasteiger partial charge on any atom is 0.296 e. The van der Waals surface area contributed by atoms with Crippen molar-refractivity contribution in [2.24, 2.45) is 0 Å². The Morgan fingerprint density at radius 2 is 2.10 bits per heavy atom. The molecule has 1 aliphatic heterocycles. The summed E-state index contributed by atoms with van der Waals surface area (Å²) in [6.07, 6.45) is 1.51. The number of aliphatic hydroxyl groups is 1. The number of rotatable bonds is 5. The second-order valence-corrected chi connectivity index (χ2v) is 8.17. The van der Waals surface area contributed by atoms with Crippen molar-refractivity contribution in [2.75, 3.05) is 7.11 Å². The molecule has 0 radical (unpaired) electrons. The lowest BCUT2D eigenvalue weighted by atomic mass is 9.98. The molecule has 1 atom stereocenters. The number of halogens is 1. The molecule has 0 aliphatic carbocycles. The van der Waals surface area contributed by atoms with Crippen LogP contribution in [-0.4, -0.2) is 28.8 Å². The molecule has 1 unspecified atom stereocenters. The highest BCUT2D eigenvalue weighted by Crippen LogP contribution is 2.44. The van der Waals surface area contributed by atoms with Crippen LogP contribution >= 0.6 is 22.9 Å². The molecular formula is C22H18ClNO5S. The molecule has 1 saturated heterocycles. The third-order valence-electron chi connectivity index (χ3n) is 5.02. The first-order valence-electron chi connectivity index (χ1n) is 9.11. The highest BCUT2D eigenvalue weighted by molar-refractivity contribution is 7.10. The van der Waals surface area contributed by atoms with Crippen molar-refractivity contribution in [3.05, 3.63) is 80.4 Å². The average Bonchev–Trinajstić information content (AvgIpc) is 3.45. The van der Waals surface area contributed by atoms with Crippen molar-refractivity contribution >= 4 is 40.4 Å². The lowest BCUT2D eigenvalue weighted by Gasteiger charge is -2.24. The summed E-state index contributed by atoms with van der Waals surface area (Å²) in [5, 5.41) is 13.3. The van der Waals surface area contributed by atoms with Crippen molar-refractivity contribution in [2.45, 2.75) is 19.5 Å². The van der Waals surface area contributed by atoms with Crippen LogP contribution in [0.15, 0.2) is 58.0 Å². The number of amides is 1. The number of hydrogen-bond acceptors (Lipinski definition) is 6. The Kier molecular flexibility index (Phi) is 5.40. The van der Waals surface area contributed by atoms with E-state index in [4.69, 9.17) is 20.8 Å². The summed E-state index contributed by atoms with van der Waals surface area (Å²) in [4.78, 5) is 28.2. The first-order valence-corrected chi connectivity index (χ1v) is 10.4. The van der Waals surface area contributed by atoms with Crippen LogP contribution in [0, 0.1) is 6.92 Å². The zero-order valence-corrected chi connectivity index (χ0v) is 17.8. The molecule has 1 fully saturated rings. The number of carbonyl (C=O) groups is 2. The van der Waals surface area contributed by atoms with Crippen LogP contribution in [0.5, 0.6) is 5.75 Å². The Morgan fingerprint density at radius 3 is 2.73 bits per heavy atom. The van der Waals surface area contributed by atoms with Gasteiger partial charge in [-0.3, -0.25) is 9.59 Å². The number of likely N-dealkylation sites (tertiary alicyclic amines) is 1. The van der Waals surface area contributed by atoms with Gasteiger partial charge in [-0.15, -0.1) is 11.3 Å². The number of nitrogens with zero attached hydrogens (tertiary/aromatic N) is 1. The fraction of sp³-hybridized carbons (Fsp3) is 0.182. The molecule has 2 aromatic heterocycles. The molecule has 3 aromatic rings. The average molecular weight is 444 g/mol. The van der Waals surface area contributed by atoms with Gasteiger partial charge in [0.1, 0.15) is 23.3 Å². The zero-order chi connectivity index (χ0) is 21.4. The van der Waals surface area contributed by atoms with Gasteiger partial charge in [-0.1, -0.05) is 11.6 Å². The van der Waals surface area contributed by atoms with Crippen molar-refractivity contribution in [1.29, 1.82) is 0 Å². The molecule has 3 heterocycles. The van der Waals surface area contributed by atoms with E-state index < -0.39 is 17.7 Å². The van der Waals surface area contributed by atoms with E-state index in [1.54, 1.807) is 24.3 Å². The number of thiophene rings is 1. The van der Waals surface area contributed by atoms with Crippen LogP contribution in [0.2, 0.25) is 5.02 Å². The molecule has 4 rings (SSSR count). The largest absolute Gasteiger partial charge is 0.507 e. The molecule has 8 heteroatoms. The lowest BCUT2D eigenvalue weighted by molar-refractivity contribution is -0.140. The highest BCUT2D eigenvalue weighted by Gasteiger charge is 2.47. The minimum Gasteiger partial charge on any atom is -0.507 e. The molecule has 1 N–H and O–H groups in total. The summed E-state index contributed by atoms with van der Waals surface area (Å²) in [5.41, 5.74) is 1.14. The third-order valence-corrected chi connectivity index (χ3v) is 6.43. The third kappa shape index (κ3) is 3.40. The predicted molar refractivity (Wildman–Crippen MR) is 114 cm³/mol. The topological polar surface area (TPSA) is 80.0 Å². The predicted octanol–water partition coefficient (Wildman–Crippen LogP) is 4.93. The molecule has 6 nitrogen and oxygen atoms in total. The summed E-state index contributed by atoms with van der Waals surface area (Å²) >= 11 is 7.71. The standard InChI is InChI=1S/C22H18ClNO5S/c1-12-7-9-30-21(12)18-17(19(25)15-10-13(28-2)5-6-16(15)23)20(26)22(27)24(18)11-14-4-3-8-29-14/h3-10,18,25H,11H2,1-2H3/b19-17+. The van der Waals surface area contributed by atoms with Crippen LogP contribution in [0.4, 0.5) is 0 Å². The first-order chi connectivity index (χ1) is 14.4. The van der Waals surface area contributed by atoms with Crippen molar-refractivity contribution in [3.63, 3.8) is 0 Å². The second-order valence-electron chi connectivity index (χ2n) is 6.82. The molecule has 0 spiro atoms. The molecule has 154 valence electrons. The Balaban J connectivity index is 1.90. The van der Waals surface area contributed by atoms with E-state index in [2.05, 4.69) is 0 Å². The minimum atomic E-state index is -0.768. The van der Waals surface area contributed by atoms with E-state index in [1.165, 1.54) is 35.7 Å². The normalized spacial score (nSPS) is 18.2. The van der Waals surface area contributed by atoms with Gasteiger partial charge in [0.2, 0.25) is 0 Å². The van der Waals surface area contributed by atoms with Gasteiger partial charge >= 0.3 is 0 Å². The van der Waals surface area contributed by atoms with E-state index in [9.17, 15) is 14.7 Å². The maximum absolute atomic E-state index is 13.0. The summed E-state index contributed by atoms with van der Waals surface area (Å²) in [7, 11) is 1.49. The molecule has 1 aliphatic rings. The fourth-order valence-corrected chi connectivity index (χ4v) is 4.76. The van der Waals surface area contributed by atoms with Gasteiger partial charge in [-0.05, 0) is 54.3 Å². The number of ketones is 1. The number of methoxy groups -OCH3 is 1. The first kappa shape index (κ1) is 20.3. The van der Waals surface area contributed by atoms with E-state index in [0.717, 1.165) is 10.4 Å². The smallest absolute Gasteiger partial charge is 0.296 e. The van der Waals surface area contributed by atoms with Gasteiger partial charge in [0.25, 0.3) is 11.7 Å². The summed E-state index contributed by atoms with van der Waals surface area (Å²) in [6, 6.07) is 9.36. The van der Waals surface area contributed by atoms with Gasteiger partial charge in [0.05, 0.1) is 30.5 Å². The van der Waals surface area contributed by atoms with Crippen LogP contribution in [0.3, 0.4) is 0 Å². The van der Waals surface area contributed by atoms with Crippen molar-refractivity contribution in [3.8, 4) is 5.75 Å². The monoisotopic (exact) mass is 443 g/mol. The SMILES string of the molecule is COc1ccc(Cl)c(/C(O)=C2\C(=O)C(=O)N(Cc3ccco3)C2c2sccc2C)c1. The number of benzene rings is 1. The van der Waals surface area contributed by atoms with E-state index >= 15 is 0 Å². The molecule has 0 bridgehead atoms. The molecule has 1 amide bonds. The van der Waals surface area contributed by atoms with Crippen LogP contribution in [0.25, 0.3) is 5.76 Å². The number of Topliss-reactive ketones (excluding diaryl/α,β-unsaturated/α-hetero) is 1. The van der Waals surface area contributed by atoms with Gasteiger partial charge in [-0.25, -0.2) is 0 Å². The Labute approximate surface area is 181 Å². The van der Waals surface area contributed by atoms with Gasteiger partial charge in [-0.2, -0.15) is 0 Å². The number of carbonyl (C=O) groups excluding carboxylic acids is 2. The number of aliphatic hydroxyl groups excluding tert-OH is 1. The second kappa shape index (κ2) is 8.01. The Hall–Kier alpha value is -3.03. The summed E-state index contributed by atoms with van der Waals surface area (Å²) < 4.78 is 10.6. The van der Waals surface area contributed by atoms with Crippen LogP contribution in [0.1, 0.15) is 27.8 Å². The molecular weight excluding hydrogens is 426 g/mol. The minimum absolute atomic E-state index is 0.00717. The Morgan fingerprint density at radius 1 is 1.30 bits per heavy atom. The van der Waals surface area contributed by atoms with E-state index in [0.29, 0.717) is 11.5 Å². The van der Waals surface area contributed by atoms with Gasteiger partial charge in [0.15, 0.2) is 0 Å². The molecule has 1 aromatic carbocycles. The van der Waals surface area contributed by atoms with Crippen LogP contribution < -0.4 is 4.74 Å². The number of furan rings is 1. The van der Waals surface area contributed by atoms with Gasteiger partial charge < -0.3 is 19.2 Å². The number of hydrogen-bond donors (Lipinski definition) is 1. The number of ether oxygens (including phenoxy) is 1. The molecule has 30 heavy (non-hydrogen) atoms. The van der Waals surface area contributed by atoms with Crippen molar-refractivity contribution in [1.82, 2.24) is 4.90 Å². The van der Waals surface area contributed by atoms with E-state index in [1.807, 2.05) is 18.4 Å². The van der Waals surface area contributed by atoms with Gasteiger partial charge in [0, 0.05) is 10.4 Å². The number of aryl methyl sites for hydroxylation is 1. The lowest BCUT2D eigenvalue weighted by Crippen LogP contribution is -2.28. The van der Waals surface area contributed by atoms with Crippen molar-refractivity contribution < 1.29 is 23.8 Å². The highest BCUT2D eigenvalue weighted by atomic mass is 35.5. The quantitative estimate of drug-likeness (QED) is 0.343. The maximum atomic E-state index is 13.0. The molecule has 0 saturated carbocycles. The Bertz CT molecular complexity index is 1150. The summed E-state index contributed by atoms with van der Waals surface area (Å²) in [5.74, 6) is -0.803. The fourth-order valence-electron chi connectivity index (χ4n) is 3.51. The summed E-state index contributed by atoms with van der Waals surface area (Å²) in [6.45, 7) is 2.00.